The molecule has 0 aromatic carbocycles. The number of hydrogen-bond donors (Lipinski definition) is 3. The van der Waals surface area contributed by atoms with E-state index in [0.29, 0.717) is 18.2 Å². The molecular weight excluding hydrogens is 188 g/mol. The molecule has 2 fully saturated rings. The molecule has 15 heavy (non-hydrogen) atoms. The van der Waals surface area contributed by atoms with Crippen LogP contribution in [-0.4, -0.2) is 42.9 Å². The number of piperidine rings is 1. The maximum Gasteiger partial charge on any atom is 0.0733 e. The normalized spacial score (nSPS) is 33.8. The Balaban J connectivity index is 1.71. The van der Waals surface area contributed by atoms with Crippen molar-refractivity contribution in [1.29, 1.82) is 0 Å². The van der Waals surface area contributed by atoms with Crippen molar-refractivity contribution in [2.45, 2.75) is 51.4 Å². The van der Waals surface area contributed by atoms with Gasteiger partial charge in [-0.1, -0.05) is 13.8 Å². The Kier molecular flexibility index (Phi) is 3.97. The molecule has 0 aliphatic carbocycles. The monoisotopic (exact) mass is 212 g/mol. The Morgan fingerprint density at radius 1 is 1.33 bits per heavy atom. The van der Waals surface area contributed by atoms with E-state index < -0.39 is 0 Å². The zero-order chi connectivity index (χ0) is 10.7. The van der Waals surface area contributed by atoms with Crippen molar-refractivity contribution in [3.63, 3.8) is 0 Å². The quantitative estimate of drug-likeness (QED) is 0.628. The molecule has 2 aliphatic heterocycles. The van der Waals surface area contributed by atoms with Crippen LogP contribution in [0, 0.1) is 0 Å². The van der Waals surface area contributed by atoms with Gasteiger partial charge in [0.2, 0.25) is 0 Å². The fourth-order valence-electron chi connectivity index (χ4n) is 2.54. The lowest BCUT2D eigenvalue weighted by Crippen LogP contribution is -2.57. The molecule has 0 aromatic heterocycles. The summed E-state index contributed by atoms with van der Waals surface area (Å²) in [5.41, 5.74) is 3.43. The maximum absolute atomic E-state index is 3.62. The SMILES string of the molecule is CC(C)NC1CCC(N2CCCN2)NC1. The van der Waals surface area contributed by atoms with Crippen LogP contribution < -0.4 is 16.1 Å². The average molecular weight is 212 g/mol. The van der Waals surface area contributed by atoms with Gasteiger partial charge in [-0.3, -0.25) is 10.7 Å². The van der Waals surface area contributed by atoms with Crippen LogP contribution in [0.5, 0.6) is 0 Å². The molecule has 4 heteroatoms. The van der Waals surface area contributed by atoms with Gasteiger partial charge in [-0.2, -0.15) is 0 Å². The first-order chi connectivity index (χ1) is 7.25. The summed E-state index contributed by atoms with van der Waals surface area (Å²) >= 11 is 0. The van der Waals surface area contributed by atoms with E-state index in [1.54, 1.807) is 0 Å². The van der Waals surface area contributed by atoms with Gasteiger partial charge in [-0.05, 0) is 19.3 Å². The van der Waals surface area contributed by atoms with Crippen LogP contribution in [0.3, 0.4) is 0 Å². The van der Waals surface area contributed by atoms with Crippen molar-refractivity contribution < 1.29 is 0 Å². The standard InChI is InChI=1S/C11H24N4/c1-9(2)14-10-4-5-11(12-8-10)15-7-3-6-13-15/h9-14H,3-8H2,1-2H3. The van der Waals surface area contributed by atoms with Crippen molar-refractivity contribution in [3.8, 4) is 0 Å². The van der Waals surface area contributed by atoms with Gasteiger partial charge in [0.15, 0.2) is 0 Å². The van der Waals surface area contributed by atoms with Gasteiger partial charge in [-0.25, -0.2) is 5.01 Å². The number of hydrogen-bond acceptors (Lipinski definition) is 4. The fourth-order valence-corrected chi connectivity index (χ4v) is 2.54. The van der Waals surface area contributed by atoms with E-state index >= 15 is 0 Å². The summed E-state index contributed by atoms with van der Waals surface area (Å²) in [6, 6.07) is 1.25. The predicted molar refractivity (Wildman–Crippen MR) is 62.4 cm³/mol. The van der Waals surface area contributed by atoms with Gasteiger partial charge in [0.05, 0.1) is 6.17 Å². The second-order valence-corrected chi connectivity index (χ2v) is 4.97. The smallest absolute Gasteiger partial charge is 0.0733 e. The minimum Gasteiger partial charge on any atom is -0.311 e. The van der Waals surface area contributed by atoms with E-state index in [0.717, 1.165) is 13.1 Å². The molecule has 88 valence electrons. The zero-order valence-electron chi connectivity index (χ0n) is 9.92. The van der Waals surface area contributed by atoms with Gasteiger partial charge < -0.3 is 5.32 Å². The Bertz CT molecular complexity index is 181. The van der Waals surface area contributed by atoms with Gasteiger partial charge in [0, 0.05) is 31.7 Å². The summed E-state index contributed by atoms with van der Waals surface area (Å²) in [7, 11) is 0. The summed E-state index contributed by atoms with van der Waals surface area (Å²) < 4.78 is 0. The topological polar surface area (TPSA) is 39.3 Å². The highest BCUT2D eigenvalue weighted by Crippen LogP contribution is 2.13. The van der Waals surface area contributed by atoms with Crippen LogP contribution in [0.25, 0.3) is 0 Å². The summed E-state index contributed by atoms with van der Waals surface area (Å²) in [6.07, 6.45) is 4.37. The molecule has 0 bridgehead atoms. The van der Waals surface area contributed by atoms with Crippen LogP contribution in [-0.2, 0) is 0 Å². The minimum absolute atomic E-state index is 0.553. The molecule has 4 nitrogen and oxygen atoms in total. The number of nitrogens with zero attached hydrogens (tertiary/aromatic N) is 1. The highest BCUT2D eigenvalue weighted by atomic mass is 15.6. The molecule has 0 aromatic rings. The van der Waals surface area contributed by atoms with Gasteiger partial charge in [0.1, 0.15) is 0 Å². The summed E-state index contributed by atoms with van der Waals surface area (Å²) in [5, 5.41) is 9.58. The third kappa shape index (κ3) is 3.14. The molecule has 2 rings (SSSR count). The van der Waals surface area contributed by atoms with E-state index in [9.17, 15) is 0 Å². The second kappa shape index (κ2) is 5.25. The van der Waals surface area contributed by atoms with Crippen molar-refractivity contribution in [2.75, 3.05) is 19.6 Å². The van der Waals surface area contributed by atoms with Gasteiger partial charge in [-0.15, -0.1) is 0 Å². The lowest BCUT2D eigenvalue weighted by atomic mass is 10.0. The maximum atomic E-state index is 3.62. The third-order valence-electron chi connectivity index (χ3n) is 3.22. The summed E-state index contributed by atoms with van der Waals surface area (Å²) in [6.45, 7) is 7.87. The molecule has 0 radical (unpaired) electrons. The van der Waals surface area contributed by atoms with Crippen molar-refractivity contribution >= 4 is 0 Å². The Morgan fingerprint density at radius 2 is 2.20 bits per heavy atom. The highest BCUT2D eigenvalue weighted by Gasteiger charge is 2.26. The van der Waals surface area contributed by atoms with Crippen LogP contribution in [0.15, 0.2) is 0 Å². The number of rotatable bonds is 3. The molecule has 0 amide bonds. The van der Waals surface area contributed by atoms with E-state index in [-0.39, 0.29) is 0 Å². The van der Waals surface area contributed by atoms with Crippen molar-refractivity contribution in [3.05, 3.63) is 0 Å². The van der Waals surface area contributed by atoms with Crippen LogP contribution in [0.4, 0.5) is 0 Å². The van der Waals surface area contributed by atoms with Crippen molar-refractivity contribution in [1.82, 2.24) is 21.1 Å². The van der Waals surface area contributed by atoms with Crippen LogP contribution in [0.2, 0.25) is 0 Å². The Hall–Kier alpha value is -0.160. The van der Waals surface area contributed by atoms with Gasteiger partial charge >= 0.3 is 0 Å². The van der Waals surface area contributed by atoms with Crippen LogP contribution >= 0.6 is 0 Å². The lowest BCUT2D eigenvalue weighted by Gasteiger charge is -2.36. The molecule has 3 N–H and O–H groups in total. The van der Waals surface area contributed by atoms with E-state index in [2.05, 4.69) is 34.9 Å². The Morgan fingerprint density at radius 3 is 2.73 bits per heavy atom. The lowest BCUT2D eigenvalue weighted by molar-refractivity contribution is 0.107. The summed E-state index contributed by atoms with van der Waals surface area (Å²) in [4.78, 5) is 0. The number of hydrazine groups is 1. The third-order valence-corrected chi connectivity index (χ3v) is 3.22. The van der Waals surface area contributed by atoms with E-state index in [1.807, 2.05) is 0 Å². The summed E-state index contributed by atoms with van der Waals surface area (Å²) in [5.74, 6) is 0. The molecular formula is C11H24N4. The average Bonchev–Trinajstić information content (AvgIpc) is 2.71. The second-order valence-electron chi connectivity index (χ2n) is 4.97. The first kappa shape index (κ1) is 11.3. The fraction of sp³-hybridized carbons (Fsp3) is 1.00. The van der Waals surface area contributed by atoms with E-state index in [4.69, 9.17) is 0 Å². The van der Waals surface area contributed by atoms with Gasteiger partial charge in [0.25, 0.3) is 0 Å². The highest BCUT2D eigenvalue weighted by molar-refractivity contribution is 4.83. The van der Waals surface area contributed by atoms with E-state index in [1.165, 1.54) is 25.8 Å². The van der Waals surface area contributed by atoms with Crippen LogP contribution in [0.1, 0.15) is 33.1 Å². The zero-order valence-corrected chi connectivity index (χ0v) is 9.92. The first-order valence-corrected chi connectivity index (χ1v) is 6.25. The molecule has 0 spiro atoms. The first-order valence-electron chi connectivity index (χ1n) is 6.25. The Labute approximate surface area is 92.8 Å². The molecule has 0 saturated carbocycles. The number of nitrogens with one attached hydrogen (secondary N) is 3. The molecule has 2 atom stereocenters. The molecule has 2 heterocycles. The molecule has 2 aliphatic rings. The van der Waals surface area contributed by atoms with Crippen molar-refractivity contribution in [2.24, 2.45) is 0 Å². The largest absolute Gasteiger partial charge is 0.311 e. The predicted octanol–water partition coefficient (Wildman–Crippen LogP) is 0.273. The molecule has 2 saturated heterocycles. The molecule has 2 unspecified atom stereocenters. The minimum atomic E-state index is 0.553.